The van der Waals surface area contributed by atoms with Crippen molar-refractivity contribution < 1.29 is 8.42 Å². The Morgan fingerprint density at radius 1 is 1.15 bits per heavy atom. The van der Waals surface area contributed by atoms with Crippen LogP contribution >= 0.6 is 11.6 Å². The third-order valence-corrected chi connectivity index (χ3v) is 6.20. The fraction of sp³-hybridized carbons (Fsp3) is 0.263. The molecule has 0 bridgehead atoms. The maximum Gasteiger partial charge on any atom is 0.240 e. The van der Waals surface area contributed by atoms with Gasteiger partial charge in [-0.2, -0.15) is 5.10 Å². The predicted molar refractivity (Wildman–Crippen MR) is 105 cm³/mol. The second kappa shape index (κ2) is 8.21. The van der Waals surface area contributed by atoms with Crippen LogP contribution in [-0.4, -0.2) is 30.1 Å². The molecule has 0 atom stereocenters. The minimum Gasteiger partial charge on any atom is -0.263 e. The van der Waals surface area contributed by atoms with Gasteiger partial charge < -0.3 is 0 Å². The molecule has 3 rings (SSSR count). The van der Waals surface area contributed by atoms with E-state index in [-0.39, 0.29) is 11.4 Å². The average Bonchev–Trinajstić information content (AvgIpc) is 3.04. The van der Waals surface area contributed by atoms with E-state index in [1.807, 2.05) is 25.1 Å². The first-order valence-corrected chi connectivity index (χ1v) is 10.4. The second-order valence-corrected chi connectivity index (χ2v) is 8.52. The second-order valence-electron chi connectivity index (χ2n) is 6.37. The molecule has 0 fully saturated rings. The predicted octanol–water partition coefficient (Wildman–Crippen LogP) is 3.19. The molecule has 0 spiro atoms. The zero-order valence-corrected chi connectivity index (χ0v) is 16.7. The van der Waals surface area contributed by atoms with Crippen molar-refractivity contribution in [3.63, 3.8) is 0 Å². The maximum atomic E-state index is 12.5. The van der Waals surface area contributed by atoms with Crippen molar-refractivity contribution in [2.24, 2.45) is 0 Å². The van der Waals surface area contributed by atoms with Crippen LogP contribution in [-0.2, 0) is 22.9 Å². The van der Waals surface area contributed by atoms with Gasteiger partial charge in [-0.05, 0) is 37.1 Å². The number of hydrogen-bond donors (Lipinski definition) is 2. The van der Waals surface area contributed by atoms with Gasteiger partial charge in [-0.3, -0.25) is 5.10 Å². The molecule has 142 valence electrons. The van der Waals surface area contributed by atoms with Crippen LogP contribution in [0, 0.1) is 13.8 Å². The SMILES string of the molecule is Cc1cccc(Cc2nc(CCNS(=O)(=O)c3cccc(Cl)c3C)n[nH]2)c1. The number of halogens is 1. The van der Waals surface area contributed by atoms with E-state index in [4.69, 9.17) is 11.6 Å². The largest absolute Gasteiger partial charge is 0.263 e. The first-order valence-electron chi connectivity index (χ1n) is 8.55. The number of H-pyrrole nitrogens is 1. The van der Waals surface area contributed by atoms with E-state index in [9.17, 15) is 8.42 Å². The van der Waals surface area contributed by atoms with E-state index in [1.54, 1.807) is 19.1 Å². The van der Waals surface area contributed by atoms with Crippen molar-refractivity contribution in [1.29, 1.82) is 0 Å². The van der Waals surface area contributed by atoms with Crippen LogP contribution in [0.1, 0.15) is 28.3 Å². The lowest BCUT2D eigenvalue weighted by Crippen LogP contribution is -2.27. The average molecular weight is 405 g/mol. The summed E-state index contributed by atoms with van der Waals surface area (Å²) in [5.74, 6) is 1.33. The molecule has 8 heteroatoms. The Bertz CT molecular complexity index is 1050. The summed E-state index contributed by atoms with van der Waals surface area (Å²) in [5.41, 5.74) is 2.87. The molecule has 2 aromatic carbocycles. The van der Waals surface area contributed by atoms with Crippen molar-refractivity contribution in [1.82, 2.24) is 19.9 Å². The summed E-state index contributed by atoms with van der Waals surface area (Å²) in [7, 11) is -3.63. The summed E-state index contributed by atoms with van der Waals surface area (Å²) in [6, 6.07) is 13.0. The summed E-state index contributed by atoms with van der Waals surface area (Å²) in [4.78, 5) is 4.62. The molecule has 0 unspecified atom stereocenters. The van der Waals surface area contributed by atoms with Crippen LogP contribution in [0.15, 0.2) is 47.4 Å². The topological polar surface area (TPSA) is 87.7 Å². The van der Waals surface area contributed by atoms with Crippen molar-refractivity contribution in [2.45, 2.75) is 31.6 Å². The first-order chi connectivity index (χ1) is 12.8. The normalized spacial score (nSPS) is 11.7. The quantitative estimate of drug-likeness (QED) is 0.633. The van der Waals surface area contributed by atoms with Crippen LogP contribution in [0.4, 0.5) is 0 Å². The number of rotatable bonds is 7. The van der Waals surface area contributed by atoms with Gasteiger partial charge in [0.1, 0.15) is 5.82 Å². The fourth-order valence-corrected chi connectivity index (χ4v) is 4.32. The van der Waals surface area contributed by atoms with E-state index < -0.39 is 10.0 Å². The van der Waals surface area contributed by atoms with E-state index in [2.05, 4.69) is 26.0 Å². The Morgan fingerprint density at radius 2 is 1.93 bits per heavy atom. The van der Waals surface area contributed by atoms with Crippen molar-refractivity contribution >= 4 is 21.6 Å². The van der Waals surface area contributed by atoms with Gasteiger partial charge in [0.2, 0.25) is 10.0 Å². The Kier molecular flexibility index (Phi) is 5.94. The van der Waals surface area contributed by atoms with Crippen LogP contribution in [0.3, 0.4) is 0 Å². The van der Waals surface area contributed by atoms with Crippen molar-refractivity contribution in [2.75, 3.05) is 6.54 Å². The van der Waals surface area contributed by atoms with Crippen LogP contribution in [0.5, 0.6) is 0 Å². The zero-order chi connectivity index (χ0) is 19.4. The van der Waals surface area contributed by atoms with Gasteiger partial charge in [0.05, 0.1) is 4.90 Å². The lowest BCUT2D eigenvalue weighted by molar-refractivity contribution is 0.580. The molecule has 3 aromatic rings. The van der Waals surface area contributed by atoms with Gasteiger partial charge in [-0.25, -0.2) is 18.1 Å². The Morgan fingerprint density at radius 3 is 2.70 bits per heavy atom. The van der Waals surface area contributed by atoms with Gasteiger partial charge in [-0.15, -0.1) is 0 Å². The Labute approximate surface area is 164 Å². The highest BCUT2D eigenvalue weighted by Gasteiger charge is 2.17. The molecule has 0 amide bonds. The number of nitrogens with one attached hydrogen (secondary N) is 2. The van der Waals surface area contributed by atoms with Crippen LogP contribution in [0.2, 0.25) is 5.02 Å². The highest BCUT2D eigenvalue weighted by atomic mass is 35.5. The molecule has 1 aromatic heterocycles. The van der Waals surface area contributed by atoms with Gasteiger partial charge in [0, 0.05) is 24.4 Å². The monoisotopic (exact) mass is 404 g/mol. The molecule has 0 radical (unpaired) electrons. The van der Waals surface area contributed by atoms with E-state index in [0.717, 1.165) is 11.4 Å². The van der Waals surface area contributed by atoms with E-state index >= 15 is 0 Å². The number of aromatic amines is 1. The number of hydrogen-bond acceptors (Lipinski definition) is 4. The molecule has 0 saturated carbocycles. The standard InChI is InChI=1S/C19H21ClN4O2S/c1-13-5-3-6-15(11-13)12-19-22-18(23-24-19)9-10-21-27(25,26)17-8-4-7-16(20)14(17)2/h3-8,11,21H,9-10,12H2,1-2H3,(H,22,23,24). The van der Waals surface area contributed by atoms with Crippen LogP contribution < -0.4 is 4.72 Å². The minimum absolute atomic E-state index is 0.185. The smallest absolute Gasteiger partial charge is 0.240 e. The van der Waals surface area contributed by atoms with Crippen molar-refractivity contribution in [3.05, 3.63) is 75.8 Å². The number of sulfonamides is 1. The van der Waals surface area contributed by atoms with E-state index in [0.29, 0.717) is 29.3 Å². The molecular weight excluding hydrogens is 384 g/mol. The number of benzene rings is 2. The molecular formula is C19H21ClN4O2S. The Hall–Kier alpha value is -2.22. The third kappa shape index (κ3) is 4.94. The summed E-state index contributed by atoms with van der Waals surface area (Å²) in [5, 5.41) is 7.50. The number of aryl methyl sites for hydroxylation is 1. The van der Waals surface area contributed by atoms with E-state index in [1.165, 1.54) is 11.6 Å². The summed E-state index contributed by atoms with van der Waals surface area (Å²) in [6.45, 7) is 3.93. The molecule has 0 aliphatic carbocycles. The van der Waals surface area contributed by atoms with Gasteiger partial charge >= 0.3 is 0 Å². The van der Waals surface area contributed by atoms with Gasteiger partial charge in [-0.1, -0.05) is 47.5 Å². The maximum absolute atomic E-state index is 12.5. The molecule has 1 heterocycles. The lowest BCUT2D eigenvalue weighted by atomic mass is 10.1. The number of aromatic nitrogens is 3. The minimum atomic E-state index is -3.63. The first kappa shape index (κ1) is 19.5. The van der Waals surface area contributed by atoms with Crippen molar-refractivity contribution in [3.8, 4) is 0 Å². The molecule has 27 heavy (non-hydrogen) atoms. The van der Waals surface area contributed by atoms with Gasteiger partial charge in [0.15, 0.2) is 5.82 Å². The van der Waals surface area contributed by atoms with Gasteiger partial charge in [0.25, 0.3) is 0 Å². The Balaban J connectivity index is 1.59. The molecule has 6 nitrogen and oxygen atoms in total. The molecule has 2 N–H and O–H groups in total. The third-order valence-electron chi connectivity index (χ3n) is 4.18. The van der Waals surface area contributed by atoms with Crippen LogP contribution in [0.25, 0.3) is 0 Å². The summed E-state index contributed by atoms with van der Waals surface area (Å²) < 4.78 is 27.5. The summed E-state index contributed by atoms with van der Waals surface area (Å²) in [6.07, 6.45) is 1.05. The highest BCUT2D eigenvalue weighted by molar-refractivity contribution is 7.89. The lowest BCUT2D eigenvalue weighted by Gasteiger charge is -2.09. The number of nitrogens with zero attached hydrogens (tertiary/aromatic N) is 2. The molecule has 0 aliphatic rings. The highest BCUT2D eigenvalue weighted by Crippen LogP contribution is 2.22. The summed E-state index contributed by atoms with van der Waals surface area (Å²) >= 11 is 6.01. The fourth-order valence-electron chi connectivity index (χ4n) is 2.79. The zero-order valence-electron chi connectivity index (χ0n) is 15.2. The molecule has 0 saturated heterocycles. The molecule has 0 aliphatic heterocycles.